The molecular formula is C26H33N3. The lowest BCUT2D eigenvalue weighted by Gasteiger charge is -2.10. The maximum atomic E-state index is 4.60. The van der Waals surface area contributed by atoms with Crippen molar-refractivity contribution in [2.75, 3.05) is 0 Å². The summed E-state index contributed by atoms with van der Waals surface area (Å²) in [7, 11) is 0. The lowest BCUT2D eigenvalue weighted by atomic mass is 9.98. The summed E-state index contributed by atoms with van der Waals surface area (Å²) in [5.74, 6) is 0. The van der Waals surface area contributed by atoms with Gasteiger partial charge in [0.05, 0.1) is 11.2 Å². The number of rotatable bonds is 2. The summed E-state index contributed by atoms with van der Waals surface area (Å²) in [6.45, 7) is 14.0. The van der Waals surface area contributed by atoms with Crippen molar-refractivity contribution >= 4 is 10.9 Å². The van der Waals surface area contributed by atoms with E-state index in [0.29, 0.717) is 0 Å². The molecule has 0 saturated carbocycles. The van der Waals surface area contributed by atoms with Crippen molar-refractivity contribution in [2.24, 2.45) is 0 Å². The Labute approximate surface area is 175 Å². The SMILES string of the molecule is CC.CC.CC.Cc1ncnc2ccc(-c3cccnc3-c3ccccc3)cc12. The van der Waals surface area contributed by atoms with Crippen molar-refractivity contribution in [3.8, 4) is 22.4 Å². The Hall–Kier alpha value is -3.07. The zero-order valence-corrected chi connectivity index (χ0v) is 18.8. The van der Waals surface area contributed by atoms with Crippen molar-refractivity contribution in [1.82, 2.24) is 15.0 Å². The summed E-state index contributed by atoms with van der Waals surface area (Å²) in [5, 5.41) is 1.08. The van der Waals surface area contributed by atoms with Gasteiger partial charge >= 0.3 is 0 Å². The maximum absolute atomic E-state index is 4.60. The summed E-state index contributed by atoms with van der Waals surface area (Å²) in [6.07, 6.45) is 3.44. The molecule has 0 aliphatic heterocycles. The standard InChI is InChI=1S/C20H15N3.3C2H6/c1-14-18-12-16(9-10-19(18)23-13-22-14)17-8-5-11-21-20(17)15-6-3-2-4-7-15;3*1-2/h2-13H,1H3;3*1-2H3. The summed E-state index contributed by atoms with van der Waals surface area (Å²) in [5.41, 5.74) is 6.30. The summed E-state index contributed by atoms with van der Waals surface area (Å²) in [4.78, 5) is 13.2. The zero-order valence-electron chi connectivity index (χ0n) is 18.8. The third-order valence-corrected chi connectivity index (χ3v) is 4.00. The molecule has 0 spiro atoms. The molecule has 0 amide bonds. The number of aryl methyl sites for hydroxylation is 1. The summed E-state index contributed by atoms with van der Waals surface area (Å²) in [6, 6.07) is 20.6. The van der Waals surface area contributed by atoms with Crippen LogP contribution in [-0.4, -0.2) is 15.0 Å². The van der Waals surface area contributed by atoms with E-state index in [1.54, 1.807) is 6.33 Å². The van der Waals surface area contributed by atoms with Gasteiger partial charge in [-0.25, -0.2) is 9.97 Å². The smallest absolute Gasteiger partial charge is 0.116 e. The molecule has 152 valence electrons. The molecule has 0 radical (unpaired) electrons. The van der Waals surface area contributed by atoms with Crippen LogP contribution in [0.3, 0.4) is 0 Å². The Kier molecular flexibility index (Phi) is 10.9. The van der Waals surface area contributed by atoms with E-state index in [1.807, 2.05) is 85.0 Å². The lowest BCUT2D eigenvalue weighted by Crippen LogP contribution is -1.91. The van der Waals surface area contributed by atoms with E-state index >= 15 is 0 Å². The van der Waals surface area contributed by atoms with Crippen molar-refractivity contribution in [2.45, 2.75) is 48.5 Å². The van der Waals surface area contributed by atoms with Gasteiger partial charge in [0.15, 0.2) is 0 Å². The Morgan fingerprint density at radius 2 is 1.31 bits per heavy atom. The fourth-order valence-electron chi connectivity index (χ4n) is 2.82. The highest BCUT2D eigenvalue weighted by Crippen LogP contribution is 2.31. The molecule has 4 rings (SSSR count). The number of hydrogen-bond acceptors (Lipinski definition) is 3. The fourth-order valence-corrected chi connectivity index (χ4v) is 2.82. The number of aromatic nitrogens is 3. The van der Waals surface area contributed by atoms with Gasteiger partial charge in [-0.15, -0.1) is 0 Å². The highest BCUT2D eigenvalue weighted by molar-refractivity contribution is 5.89. The topological polar surface area (TPSA) is 38.7 Å². The van der Waals surface area contributed by atoms with Crippen molar-refractivity contribution in [3.63, 3.8) is 0 Å². The quantitative estimate of drug-likeness (QED) is 0.353. The van der Waals surface area contributed by atoms with Crippen LogP contribution in [0.1, 0.15) is 47.2 Å². The van der Waals surface area contributed by atoms with Gasteiger partial charge in [-0.2, -0.15) is 0 Å². The van der Waals surface area contributed by atoms with E-state index in [-0.39, 0.29) is 0 Å². The van der Waals surface area contributed by atoms with Crippen LogP contribution in [0.2, 0.25) is 0 Å². The molecule has 2 aromatic heterocycles. The molecule has 0 unspecified atom stereocenters. The molecule has 0 N–H and O–H groups in total. The van der Waals surface area contributed by atoms with Gasteiger partial charge in [-0.3, -0.25) is 4.98 Å². The normalized spacial score (nSPS) is 9.21. The van der Waals surface area contributed by atoms with E-state index in [0.717, 1.165) is 39.0 Å². The maximum Gasteiger partial charge on any atom is 0.116 e. The minimum Gasteiger partial charge on any atom is -0.256 e. The molecule has 2 aromatic carbocycles. The minimum absolute atomic E-state index is 0.964. The van der Waals surface area contributed by atoms with Crippen LogP contribution < -0.4 is 0 Å². The van der Waals surface area contributed by atoms with E-state index < -0.39 is 0 Å². The summed E-state index contributed by atoms with van der Waals surface area (Å²) >= 11 is 0. The van der Waals surface area contributed by atoms with Gasteiger partial charge in [0.25, 0.3) is 0 Å². The molecule has 3 heteroatoms. The monoisotopic (exact) mass is 387 g/mol. The van der Waals surface area contributed by atoms with E-state index in [4.69, 9.17) is 0 Å². The van der Waals surface area contributed by atoms with Crippen LogP contribution in [-0.2, 0) is 0 Å². The van der Waals surface area contributed by atoms with E-state index in [1.165, 1.54) is 0 Å². The highest BCUT2D eigenvalue weighted by Gasteiger charge is 2.09. The second-order valence-corrected chi connectivity index (χ2v) is 5.46. The molecule has 0 aliphatic carbocycles. The first kappa shape index (κ1) is 24.0. The number of nitrogens with zero attached hydrogens (tertiary/aromatic N) is 3. The van der Waals surface area contributed by atoms with Gasteiger partial charge in [-0.1, -0.05) is 84.0 Å². The van der Waals surface area contributed by atoms with E-state index in [2.05, 4.69) is 45.3 Å². The Morgan fingerprint density at radius 1 is 0.621 bits per heavy atom. The van der Waals surface area contributed by atoms with E-state index in [9.17, 15) is 0 Å². The zero-order chi connectivity index (χ0) is 21.6. The van der Waals surface area contributed by atoms with Crippen LogP contribution in [0.5, 0.6) is 0 Å². The predicted octanol–water partition coefficient (Wildman–Crippen LogP) is 7.75. The first-order valence-corrected chi connectivity index (χ1v) is 10.5. The van der Waals surface area contributed by atoms with Gasteiger partial charge in [0.2, 0.25) is 0 Å². The largest absolute Gasteiger partial charge is 0.256 e. The van der Waals surface area contributed by atoms with Gasteiger partial charge in [0, 0.05) is 28.4 Å². The van der Waals surface area contributed by atoms with Crippen LogP contribution in [0.4, 0.5) is 0 Å². The van der Waals surface area contributed by atoms with Crippen molar-refractivity contribution < 1.29 is 0 Å². The molecular weight excluding hydrogens is 354 g/mol. The Morgan fingerprint density at radius 3 is 2.00 bits per heavy atom. The number of hydrogen-bond donors (Lipinski definition) is 0. The average molecular weight is 388 g/mol. The molecule has 0 atom stereocenters. The molecule has 0 bridgehead atoms. The van der Waals surface area contributed by atoms with Gasteiger partial charge < -0.3 is 0 Å². The summed E-state index contributed by atoms with van der Waals surface area (Å²) < 4.78 is 0. The third-order valence-electron chi connectivity index (χ3n) is 4.00. The Balaban J connectivity index is 0.000000644. The number of pyridine rings is 1. The molecule has 3 nitrogen and oxygen atoms in total. The first-order chi connectivity index (χ1) is 14.3. The predicted molar refractivity (Wildman–Crippen MR) is 127 cm³/mol. The van der Waals surface area contributed by atoms with Crippen molar-refractivity contribution in [3.05, 3.63) is 78.9 Å². The third kappa shape index (κ3) is 5.95. The highest BCUT2D eigenvalue weighted by atomic mass is 14.8. The van der Waals surface area contributed by atoms with Crippen LogP contribution in [0, 0.1) is 6.92 Å². The lowest BCUT2D eigenvalue weighted by molar-refractivity contribution is 1.15. The van der Waals surface area contributed by atoms with Crippen molar-refractivity contribution in [1.29, 1.82) is 0 Å². The van der Waals surface area contributed by atoms with Gasteiger partial charge in [-0.05, 0) is 30.7 Å². The molecule has 0 fully saturated rings. The molecule has 0 saturated heterocycles. The number of benzene rings is 2. The van der Waals surface area contributed by atoms with Gasteiger partial charge in [0.1, 0.15) is 6.33 Å². The first-order valence-electron chi connectivity index (χ1n) is 10.5. The average Bonchev–Trinajstić information content (AvgIpc) is 2.84. The number of fused-ring (bicyclic) bond motifs is 1. The molecule has 0 aliphatic rings. The second-order valence-electron chi connectivity index (χ2n) is 5.46. The van der Waals surface area contributed by atoms with Crippen LogP contribution >= 0.6 is 0 Å². The second kappa shape index (κ2) is 13.2. The molecule has 29 heavy (non-hydrogen) atoms. The Bertz CT molecular complexity index is 979. The minimum atomic E-state index is 0.964. The fraction of sp³-hybridized carbons (Fsp3) is 0.269. The van der Waals surface area contributed by atoms with Crippen LogP contribution in [0.25, 0.3) is 33.3 Å². The molecule has 4 aromatic rings. The molecule has 2 heterocycles. The van der Waals surface area contributed by atoms with Crippen LogP contribution in [0.15, 0.2) is 73.2 Å².